The SMILES string of the molecule is CCN(CCO)Cc1c[nH]c2c(=O)[nH]c(N)nc12. The van der Waals surface area contributed by atoms with Gasteiger partial charge in [-0.25, -0.2) is 4.98 Å². The predicted octanol–water partition coefficient (Wildman–Crippen LogP) is -0.352. The number of hydrogen-bond donors (Lipinski definition) is 4. The summed E-state index contributed by atoms with van der Waals surface area (Å²) in [4.78, 5) is 23.2. The van der Waals surface area contributed by atoms with Gasteiger partial charge >= 0.3 is 0 Å². The van der Waals surface area contributed by atoms with Crippen LogP contribution in [0.5, 0.6) is 0 Å². The topological polar surface area (TPSA) is 111 Å². The molecule has 7 nitrogen and oxygen atoms in total. The van der Waals surface area contributed by atoms with E-state index in [0.29, 0.717) is 24.1 Å². The Labute approximate surface area is 104 Å². The third kappa shape index (κ3) is 2.36. The molecule has 0 bridgehead atoms. The molecule has 0 radical (unpaired) electrons. The molecule has 0 unspecified atom stereocenters. The lowest BCUT2D eigenvalue weighted by molar-refractivity contribution is 0.197. The lowest BCUT2D eigenvalue weighted by atomic mass is 10.2. The molecule has 0 spiro atoms. The van der Waals surface area contributed by atoms with Gasteiger partial charge in [0.05, 0.1) is 6.61 Å². The first-order chi connectivity index (χ1) is 8.65. The molecule has 0 saturated heterocycles. The molecule has 98 valence electrons. The molecule has 2 heterocycles. The number of nitrogens with two attached hydrogens (primary N) is 1. The number of aromatic nitrogens is 3. The van der Waals surface area contributed by atoms with Crippen LogP contribution in [0, 0.1) is 0 Å². The summed E-state index contributed by atoms with van der Waals surface area (Å²) in [6.45, 7) is 4.13. The van der Waals surface area contributed by atoms with Gasteiger partial charge in [0.1, 0.15) is 11.0 Å². The van der Waals surface area contributed by atoms with Crippen molar-refractivity contribution in [2.24, 2.45) is 0 Å². The van der Waals surface area contributed by atoms with Gasteiger partial charge in [-0.15, -0.1) is 0 Å². The number of nitrogens with one attached hydrogen (secondary N) is 2. The van der Waals surface area contributed by atoms with Gasteiger partial charge in [0, 0.05) is 24.8 Å². The highest BCUT2D eigenvalue weighted by Gasteiger charge is 2.12. The van der Waals surface area contributed by atoms with Crippen molar-refractivity contribution in [3.8, 4) is 0 Å². The third-order valence-electron chi connectivity index (χ3n) is 2.89. The van der Waals surface area contributed by atoms with Crippen LogP contribution in [0.15, 0.2) is 11.0 Å². The van der Waals surface area contributed by atoms with Crippen molar-refractivity contribution in [3.05, 3.63) is 22.1 Å². The van der Waals surface area contributed by atoms with E-state index in [2.05, 4.69) is 19.9 Å². The summed E-state index contributed by atoms with van der Waals surface area (Å²) in [5.41, 5.74) is 7.19. The second-order valence-corrected chi connectivity index (χ2v) is 4.08. The zero-order chi connectivity index (χ0) is 13.1. The van der Waals surface area contributed by atoms with E-state index in [-0.39, 0.29) is 18.1 Å². The molecule has 7 heteroatoms. The van der Waals surface area contributed by atoms with Crippen molar-refractivity contribution in [2.75, 3.05) is 25.4 Å². The Bertz CT molecular complexity index is 589. The maximum Gasteiger partial charge on any atom is 0.276 e. The van der Waals surface area contributed by atoms with E-state index in [1.54, 1.807) is 6.20 Å². The second kappa shape index (κ2) is 5.19. The van der Waals surface area contributed by atoms with E-state index in [0.717, 1.165) is 12.1 Å². The summed E-state index contributed by atoms with van der Waals surface area (Å²) in [5.74, 6) is 0.110. The summed E-state index contributed by atoms with van der Waals surface area (Å²) in [5, 5.41) is 8.96. The number of nitrogen functional groups attached to an aromatic ring is 1. The smallest absolute Gasteiger partial charge is 0.276 e. The first-order valence-corrected chi connectivity index (χ1v) is 5.84. The van der Waals surface area contributed by atoms with Gasteiger partial charge in [-0.3, -0.25) is 14.7 Å². The lowest BCUT2D eigenvalue weighted by Crippen LogP contribution is -2.26. The molecule has 2 aromatic heterocycles. The highest BCUT2D eigenvalue weighted by atomic mass is 16.3. The van der Waals surface area contributed by atoms with Crippen LogP contribution in [0.3, 0.4) is 0 Å². The number of nitrogens with zero attached hydrogens (tertiary/aromatic N) is 2. The number of rotatable bonds is 5. The Morgan fingerprint density at radius 3 is 3.00 bits per heavy atom. The summed E-state index contributed by atoms with van der Waals surface area (Å²) in [6.07, 6.45) is 1.76. The standard InChI is InChI=1S/C11H17N5O2/c1-2-16(3-4-17)6-7-5-13-9-8(7)14-11(12)15-10(9)18/h5,13,17H,2-4,6H2,1H3,(H3,12,14,15,18). The van der Waals surface area contributed by atoms with E-state index in [4.69, 9.17) is 10.8 Å². The summed E-state index contributed by atoms with van der Waals surface area (Å²) in [6, 6.07) is 0. The van der Waals surface area contributed by atoms with Crippen molar-refractivity contribution >= 4 is 17.0 Å². The van der Waals surface area contributed by atoms with Crippen LogP contribution >= 0.6 is 0 Å². The maximum absolute atomic E-state index is 11.6. The summed E-state index contributed by atoms with van der Waals surface area (Å²) >= 11 is 0. The van der Waals surface area contributed by atoms with Gasteiger partial charge in [-0.2, -0.15) is 0 Å². The van der Waals surface area contributed by atoms with Gasteiger partial charge in [0.15, 0.2) is 0 Å². The van der Waals surface area contributed by atoms with Crippen LogP contribution in [0.4, 0.5) is 5.95 Å². The molecular formula is C11H17N5O2. The molecule has 0 aliphatic heterocycles. The molecule has 2 aromatic rings. The maximum atomic E-state index is 11.6. The number of aliphatic hydroxyl groups is 1. The molecule has 0 aliphatic rings. The van der Waals surface area contributed by atoms with Crippen LogP contribution < -0.4 is 11.3 Å². The molecule has 0 aliphatic carbocycles. The Hall–Kier alpha value is -1.86. The van der Waals surface area contributed by atoms with Gasteiger partial charge in [-0.1, -0.05) is 6.92 Å². The van der Waals surface area contributed by atoms with E-state index >= 15 is 0 Å². The molecule has 0 saturated carbocycles. The van der Waals surface area contributed by atoms with Crippen LogP contribution in [-0.4, -0.2) is 44.7 Å². The molecular weight excluding hydrogens is 234 g/mol. The molecule has 0 atom stereocenters. The Balaban J connectivity index is 2.37. The number of aliphatic hydroxyl groups excluding tert-OH is 1. The lowest BCUT2D eigenvalue weighted by Gasteiger charge is -2.18. The van der Waals surface area contributed by atoms with E-state index in [1.807, 2.05) is 6.92 Å². The molecule has 18 heavy (non-hydrogen) atoms. The number of aromatic amines is 2. The number of hydrogen-bond acceptors (Lipinski definition) is 5. The van der Waals surface area contributed by atoms with Crippen molar-refractivity contribution < 1.29 is 5.11 Å². The average molecular weight is 251 g/mol. The number of anilines is 1. The van der Waals surface area contributed by atoms with Crippen molar-refractivity contribution in [2.45, 2.75) is 13.5 Å². The van der Waals surface area contributed by atoms with E-state index in [1.165, 1.54) is 0 Å². The highest BCUT2D eigenvalue weighted by Crippen LogP contribution is 2.15. The minimum atomic E-state index is -0.269. The molecule has 0 aromatic carbocycles. The normalized spacial score (nSPS) is 11.5. The van der Waals surface area contributed by atoms with Crippen molar-refractivity contribution in [1.29, 1.82) is 0 Å². The fourth-order valence-corrected chi connectivity index (χ4v) is 1.94. The van der Waals surface area contributed by atoms with Gasteiger partial charge < -0.3 is 15.8 Å². The molecule has 2 rings (SSSR count). The van der Waals surface area contributed by atoms with Crippen LogP contribution in [0.2, 0.25) is 0 Å². The third-order valence-corrected chi connectivity index (χ3v) is 2.89. The number of H-pyrrole nitrogens is 2. The largest absolute Gasteiger partial charge is 0.395 e. The van der Waals surface area contributed by atoms with Crippen molar-refractivity contribution in [3.63, 3.8) is 0 Å². The highest BCUT2D eigenvalue weighted by molar-refractivity contribution is 5.78. The zero-order valence-corrected chi connectivity index (χ0v) is 10.2. The summed E-state index contributed by atoms with van der Waals surface area (Å²) < 4.78 is 0. The minimum Gasteiger partial charge on any atom is -0.395 e. The first-order valence-electron chi connectivity index (χ1n) is 5.84. The quantitative estimate of drug-likeness (QED) is 0.580. The molecule has 0 amide bonds. The number of fused-ring (bicyclic) bond motifs is 1. The fourth-order valence-electron chi connectivity index (χ4n) is 1.94. The van der Waals surface area contributed by atoms with Gasteiger partial charge in [0.2, 0.25) is 5.95 Å². The van der Waals surface area contributed by atoms with E-state index < -0.39 is 0 Å². The van der Waals surface area contributed by atoms with Crippen LogP contribution in [-0.2, 0) is 6.54 Å². The molecule has 5 N–H and O–H groups in total. The van der Waals surface area contributed by atoms with Crippen molar-refractivity contribution in [1.82, 2.24) is 19.9 Å². The Morgan fingerprint density at radius 2 is 2.33 bits per heavy atom. The summed E-state index contributed by atoms with van der Waals surface area (Å²) in [7, 11) is 0. The van der Waals surface area contributed by atoms with Crippen LogP contribution in [0.25, 0.3) is 11.0 Å². The first kappa shape index (κ1) is 12.6. The minimum absolute atomic E-state index is 0.104. The molecule has 0 fully saturated rings. The fraction of sp³-hybridized carbons (Fsp3) is 0.455. The Morgan fingerprint density at radius 1 is 1.56 bits per heavy atom. The average Bonchev–Trinajstić information content (AvgIpc) is 2.72. The van der Waals surface area contributed by atoms with Gasteiger partial charge in [-0.05, 0) is 6.54 Å². The monoisotopic (exact) mass is 251 g/mol. The predicted molar refractivity (Wildman–Crippen MR) is 69.2 cm³/mol. The Kier molecular flexibility index (Phi) is 3.63. The second-order valence-electron chi connectivity index (χ2n) is 4.08. The van der Waals surface area contributed by atoms with E-state index in [9.17, 15) is 4.79 Å². The number of likely N-dealkylation sites (N-methyl/N-ethyl adjacent to an activating group) is 1. The zero-order valence-electron chi connectivity index (χ0n) is 10.2. The van der Waals surface area contributed by atoms with Crippen LogP contribution in [0.1, 0.15) is 12.5 Å². The van der Waals surface area contributed by atoms with Gasteiger partial charge in [0.25, 0.3) is 5.56 Å².